The van der Waals surface area contributed by atoms with Crippen LogP contribution < -0.4 is 5.14 Å². The highest BCUT2D eigenvalue weighted by Crippen LogP contribution is 2.22. The number of benzene rings is 1. The van der Waals surface area contributed by atoms with Gasteiger partial charge in [-0.2, -0.15) is 0 Å². The lowest BCUT2D eigenvalue weighted by Gasteiger charge is -2.35. The van der Waals surface area contributed by atoms with E-state index in [1.165, 1.54) is 18.2 Å². The Hall–Kier alpha value is -1.37. The summed E-state index contributed by atoms with van der Waals surface area (Å²) < 4.78 is 22.9. The molecule has 0 aliphatic heterocycles. The van der Waals surface area contributed by atoms with Gasteiger partial charge in [0.1, 0.15) is 0 Å². The molecule has 1 aromatic rings. The summed E-state index contributed by atoms with van der Waals surface area (Å²) in [6.45, 7) is 9.59. The summed E-state index contributed by atoms with van der Waals surface area (Å²) in [5.41, 5.74) is -0.279. The highest BCUT2D eigenvalue weighted by molar-refractivity contribution is 7.89. The number of rotatable bonds is 4. The van der Waals surface area contributed by atoms with E-state index < -0.39 is 15.6 Å². The predicted molar refractivity (Wildman–Crippen MR) is 83.8 cm³/mol. The van der Waals surface area contributed by atoms with Crippen LogP contribution in [0.2, 0.25) is 5.02 Å². The number of sulfonamides is 1. The molecule has 5 nitrogen and oxygen atoms in total. The summed E-state index contributed by atoms with van der Waals surface area (Å²) in [6.07, 6.45) is 1.61. The van der Waals surface area contributed by atoms with Crippen LogP contribution in [0.1, 0.15) is 31.1 Å². The monoisotopic (exact) mass is 330 g/mol. The van der Waals surface area contributed by atoms with Crippen molar-refractivity contribution in [1.29, 1.82) is 0 Å². The molecule has 0 atom stereocenters. The third kappa shape index (κ3) is 4.56. The van der Waals surface area contributed by atoms with Gasteiger partial charge in [-0.25, -0.2) is 13.6 Å². The molecule has 7 heteroatoms. The minimum absolute atomic E-state index is 0.136. The maximum Gasteiger partial charge on any atom is 0.254 e. The Balaban J connectivity index is 3.35. The molecule has 0 unspecified atom stereocenters. The van der Waals surface area contributed by atoms with Crippen molar-refractivity contribution in [2.45, 2.75) is 31.2 Å². The molecule has 2 N–H and O–H groups in total. The number of carbonyl (C=O) groups is 1. The molecule has 0 spiro atoms. The first-order chi connectivity index (χ1) is 9.46. The zero-order valence-electron chi connectivity index (χ0n) is 12.3. The summed E-state index contributed by atoms with van der Waals surface area (Å²) in [6, 6.07) is 3.86. The number of carbonyl (C=O) groups excluding carboxylic acids is 1. The Kier molecular flexibility index (Phi) is 5.20. The predicted octanol–water partition coefficient (Wildman–Crippen LogP) is 2.41. The highest BCUT2D eigenvalue weighted by atomic mass is 35.5. The third-order valence-corrected chi connectivity index (χ3v) is 3.92. The van der Waals surface area contributed by atoms with Crippen LogP contribution in [0.3, 0.4) is 0 Å². The van der Waals surface area contributed by atoms with E-state index in [9.17, 15) is 13.2 Å². The van der Waals surface area contributed by atoms with Gasteiger partial charge in [0, 0.05) is 22.7 Å². The van der Waals surface area contributed by atoms with Gasteiger partial charge in [0.2, 0.25) is 10.0 Å². The number of nitrogens with zero attached hydrogens (tertiary/aromatic N) is 1. The van der Waals surface area contributed by atoms with Crippen LogP contribution in [-0.4, -0.2) is 31.3 Å². The van der Waals surface area contributed by atoms with Crippen molar-refractivity contribution >= 4 is 27.5 Å². The lowest BCUT2D eigenvalue weighted by atomic mass is 10.0. The number of amides is 1. The number of halogens is 1. The molecule has 0 aromatic heterocycles. The second kappa shape index (κ2) is 6.17. The SMILES string of the molecule is C=CCN(C(=O)c1cc(Cl)cc(S(N)(=O)=O)c1)C(C)(C)C. The first-order valence-electron chi connectivity index (χ1n) is 6.23. The molecule has 0 bridgehead atoms. The molecule has 0 aliphatic carbocycles. The Labute approximate surface area is 130 Å². The number of primary sulfonamides is 1. The summed E-state index contributed by atoms with van der Waals surface area (Å²) in [4.78, 5) is 14.0. The van der Waals surface area contributed by atoms with Crippen LogP contribution in [0.15, 0.2) is 35.7 Å². The van der Waals surface area contributed by atoms with Crippen LogP contribution >= 0.6 is 11.6 Å². The number of hydrogen-bond acceptors (Lipinski definition) is 3. The summed E-state index contributed by atoms with van der Waals surface area (Å²) >= 11 is 5.89. The Morgan fingerprint density at radius 3 is 2.38 bits per heavy atom. The lowest BCUT2D eigenvalue weighted by molar-refractivity contribution is 0.0616. The standard InChI is InChI=1S/C14H19ClN2O3S/c1-5-6-17(14(2,3)4)13(18)10-7-11(15)9-12(8-10)21(16,19)20/h5,7-9H,1,6H2,2-4H3,(H2,16,19,20). The van der Waals surface area contributed by atoms with Gasteiger partial charge >= 0.3 is 0 Å². The second-order valence-electron chi connectivity index (χ2n) is 5.60. The molecule has 116 valence electrons. The number of hydrogen-bond donors (Lipinski definition) is 1. The molecular weight excluding hydrogens is 312 g/mol. The zero-order valence-corrected chi connectivity index (χ0v) is 13.8. The minimum Gasteiger partial charge on any atom is -0.330 e. The normalized spacial score (nSPS) is 12.0. The van der Waals surface area contributed by atoms with E-state index in [2.05, 4.69) is 6.58 Å². The fourth-order valence-electron chi connectivity index (χ4n) is 1.80. The largest absolute Gasteiger partial charge is 0.330 e. The molecule has 0 heterocycles. The average molecular weight is 331 g/mol. The maximum atomic E-state index is 12.6. The molecule has 1 rings (SSSR count). The van der Waals surface area contributed by atoms with Gasteiger partial charge in [-0.3, -0.25) is 4.79 Å². The second-order valence-corrected chi connectivity index (χ2v) is 7.59. The van der Waals surface area contributed by atoms with E-state index in [1.807, 2.05) is 20.8 Å². The molecule has 21 heavy (non-hydrogen) atoms. The first kappa shape index (κ1) is 17.7. The average Bonchev–Trinajstić information content (AvgIpc) is 2.32. The first-order valence-corrected chi connectivity index (χ1v) is 8.15. The third-order valence-electron chi connectivity index (χ3n) is 2.81. The van der Waals surface area contributed by atoms with Gasteiger partial charge in [-0.05, 0) is 39.0 Å². The zero-order chi connectivity index (χ0) is 16.4. The Morgan fingerprint density at radius 2 is 1.95 bits per heavy atom. The van der Waals surface area contributed by atoms with E-state index in [1.54, 1.807) is 11.0 Å². The molecule has 0 saturated heterocycles. The quantitative estimate of drug-likeness (QED) is 0.861. The fraction of sp³-hybridized carbons (Fsp3) is 0.357. The summed E-state index contributed by atoms with van der Waals surface area (Å²) in [7, 11) is -3.93. The van der Waals surface area contributed by atoms with Crippen LogP contribution in [0.4, 0.5) is 0 Å². The van der Waals surface area contributed by atoms with Gasteiger partial charge in [-0.15, -0.1) is 6.58 Å². The Morgan fingerprint density at radius 1 is 1.38 bits per heavy atom. The van der Waals surface area contributed by atoms with Crippen molar-refractivity contribution in [3.05, 3.63) is 41.4 Å². The van der Waals surface area contributed by atoms with E-state index in [0.29, 0.717) is 6.54 Å². The van der Waals surface area contributed by atoms with Crippen molar-refractivity contribution in [2.24, 2.45) is 5.14 Å². The van der Waals surface area contributed by atoms with E-state index >= 15 is 0 Å². The van der Waals surface area contributed by atoms with Crippen LogP contribution in [0, 0.1) is 0 Å². The van der Waals surface area contributed by atoms with Crippen molar-refractivity contribution in [3.63, 3.8) is 0 Å². The molecule has 0 radical (unpaired) electrons. The van der Waals surface area contributed by atoms with E-state index in [0.717, 1.165) is 0 Å². The van der Waals surface area contributed by atoms with Crippen molar-refractivity contribution in [3.8, 4) is 0 Å². The van der Waals surface area contributed by atoms with Gasteiger partial charge in [0.05, 0.1) is 4.90 Å². The van der Waals surface area contributed by atoms with Gasteiger partial charge < -0.3 is 4.90 Å². The fourth-order valence-corrected chi connectivity index (χ4v) is 2.68. The highest BCUT2D eigenvalue weighted by Gasteiger charge is 2.27. The summed E-state index contributed by atoms with van der Waals surface area (Å²) in [5.74, 6) is -0.338. The van der Waals surface area contributed by atoms with Crippen LogP contribution in [0.25, 0.3) is 0 Å². The molecule has 0 saturated carbocycles. The number of nitrogens with two attached hydrogens (primary N) is 1. The van der Waals surface area contributed by atoms with Gasteiger partial charge in [0.15, 0.2) is 0 Å². The van der Waals surface area contributed by atoms with Crippen LogP contribution in [-0.2, 0) is 10.0 Å². The van der Waals surface area contributed by atoms with Crippen LogP contribution in [0.5, 0.6) is 0 Å². The lowest BCUT2D eigenvalue weighted by Crippen LogP contribution is -2.45. The van der Waals surface area contributed by atoms with E-state index in [-0.39, 0.29) is 21.4 Å². The Bertz CT molecular complexity index is 663. The van der Waals surface area contributed by atoms with Crippen molar-refractivity contribution in [2.75, 3.05) is 6.54 Å². The molecule has 1 amide bonds. The smallest absolute Gasteiger partial charge is 0.254 e. The van der Waals surface area contributed by atoms with Gasteiger partial charge in [-0.1, -0.05) is 17.7 Å². The molecule has 0 aliphatic rings. The molecule has 1 aromatic carbocycles. The van der Waals surface area contributed by atoms with E-state index in [4.69, 9.17) is 16.7 Å². The topological polar surface area (TPSA) is 80.5 Å². The minimum atomic E-state index is -3.93. The summed E-state index contributed by atoms with van der Waals surface area (Å²) in [5, 5.41) is 5.22. The molecular formula is C14H19ClN2O3S. The van der Waals surface area contributed by atoms with Gasteiger partial charge in [0.25, 0.3) is 5.91 Å². The maximum absolute atomic E-state index is 12.6. The van der Waals surface area contributed by atoms with Crippen molar-refractivity contribution in [1.82, 2.24) is 4.90 Å². The van der Waals surface area contributed by atoms with Crippen molar-refractivity contribution < 1.29 is 13.2 Å². The molecule has 0 fully saturated rings.